The van der Waals surface area contributed by atoms with E-state index in [2.05, 4.69) is 167 Å². The molecule has 0 radical (unpaired) electrons. The molecule has 0 N–H and O–H groups in total. The Morgan fingerprint density at radius 3 is 1.84 bits per heavy atom. The van der Waals surface area contributed by atoms with Crippen molar-refractivity contribution in [1.82, 2.24) is 8.97 Å². The van der Waals surface area contributed by atoms with E-state index in [0.717, 1.165) is 0 Å². The van der Waals surface area contributed by atoms with Crippen LogP contribution < -0.4 is 0 Å². The van der Waals surface area contributed by atoms with Gasteiger partial charge < -0.3 is 4.57 Å². The molecule has 0 fully saturated rings. The summed E-state index contributed by atoms with van der Waals surface area (Å²) in [7, 11) is 0. The minimum absolute atomic E-state index is 1.22. The van der Waals surface area contributed by atoms with Gasteiger partial charge >= 0.3 is 0 Å². The summed E-state index contributed by atoms with van der Waals surface area (Å²) in [5.74, 6) is 0. The first-order chi connectivity index (χ1) is 25.3. The van der Waals surface area contributed by atoms with Gasteiger partial charge in [-0.2, -0.15) is 0 Å². The van der Waals surface area contributed by atoms with Crippen LogP contribution in [0.3, 0.4) is 0 Å². The Bertz CT molecular complexity index is 3450. The van der Waals surface area contributed by atoms with Gasteiger partial charge in [0.05, 0.1) is 27.8 Å². The topological polar surface area (TPSA) is 9.34 Å². The molecule has 0 bridgehead atoms. The Kier molecular flexibility index (Phi) is 4.78. The van der Waals surface area contributed by atoms with E-state index in [4.69, 9.17) is 0 Å². The molecule has 8 aromatic carbocycles. The molecule has 0 saturated carbocycles. The smallest absolute Gasteiger partial charge is 0.109 e. The van der Waals surface area contributed by atoms with Crippen LogP contribution in [-0.4, -0.2) is 8.97 Å². The van der Waals surface area contributed by atoms with Crippen LogP contribution in [0.1, 0.15) is 0 Å². The first kappa shape index (κ1) is 26.4. The SMILES string of the molecule is c1ccc2c(c1)-c1cccc3c(-n4c5ccccc5c5cc(-c6ccc7c(c6)c6cccc8c9c%10ccccc%10sc9n7c68)ccc54)ccc-2c13. The van der Waals surface area contributed by atoms with Crippen molar-refractivity contribution in [1.29, 1.82) is 0 Å². The Hall–Kier alpha value is -6.42. The second-order valence-electron chi connectivity index (χ2n) is 14.0. The van der Waals surface area contributed by atoms with E-state index in [9.17, 15) is 0 Å². The zero-order valence-electron chi connectivity index (χ0n) is 27.3. The van der Waals surface area contributed by atoms with Crippen LogP contribution >= 0.6 is 11.3 Å². The predicted octanol–water partition coefficient (Wildman–Crippen LogP) is 13.6. The molecule has 234 valence electrons. The van der Waals surface area contributed by atoms with Crippen molar-refractivity contribution >= 4 is 91.4 Å². The fourth-order valence-corrected chi connectivity index (χ4v) is 10.7. The highest BCUT2D eigenvalue weighted by atomic mass is 32.1. The lowest BCUT2D eigenvalue weighted by Gasteiger charge is -2.13. The molecule has 0 saturated heterocycles. The molecule has 1 aliphatic rings. The van der Waals surface area contributed by atoms with Crippen LogP contribution in [0.5, 0.6) is 0 Å². The number of hydrogen-bond acceptors (Lipinski definition) is 1. The molecule has 0 spiro atoms. The fraction of sp³-hybridized carbons (Fsp3) is 0. The normalized spacial score (nSPS) is 12.7. The number of fused-ring (bicyclic) bond motifs is 14. The lowest BCUT2D eigenvalue weighted by atomic mass is 10.00. The number of rotatable bonds is 2. The fourth-order valence-electron chi connectivity index (χ4n) is 9.51. The first-order valence-corrected chi connectivity index (χ1v) is 18.4. The van der Waals surface area contributed by atoms with E-state index in [1.807, 2.05) is 11.3 Å². The number of thiophene rings is 1. The highest BCUT2D eigenvalue weighted by Crippen LogP contribution is 2.50. The Labute approximate surface area is 296 Å². The third kappa shape index (κ3) is 3.19. The summed E-state index contributed by atoms with van der Waals surface area (Å²) in [6, 6.07) is 58.9. The molecule has 4 heterocycles. The molecule has 2 nitrogen and oxygen atoms in total. The molecule has 1 aliphatic carbocycles. The standard InChI is InChI=1S/C48H26N2S/c1-2-10-30-29(9-1)32-13-7-15-35-41(24-21-33(30)45(32)35)49-40-17-5-3-11-31(40)38-25-27(19-22-42(38)49)28-20-23-43-39(26-28)34-14-8-16-37-46-36-12-4-6-18-44(36)51-48(46)50(43)47(34)37/h1-26H. The number of para-hydroxylation sites is 2. The van der Waals surface area contributed by atoms with Gasteiger partial charge in [0.2, 0.25) is 0 Å². The van der Waals surface area contributed by atoms with E-state index < -0.39 is 0 Å². The molecule has 4 aromatic heterocycles. The third-order valence-electron chi connectivity index (χ3n) is 11.6. The van der Waals surface area contributed by atoms with Gasteiger partial charge in [0.1, 0.15) is 4.83 Å². The summed E-state index contributed by atoms with van der Waals surface area (Å²) >= 11 is 1.90. The molecule has 12 aromatic rings. The maximum atomic E-state index is 2.51. The van der Waals surface area contributed by atoms with Gasteiger partial charge in [0, 0.05) is 47.8 Å². The molecule has 51 heavy (non-hydrogen) atoms. The van der Waals surface area contributed by atoms with Crippen LogP contribution in [0.4, 0.5) is 0 Å². The van der Waals surface area contributed by atoms with Gasteiger partial charge in [-0.25, -0.2) is 0 Å². The van der Waals surface area contributed by atoms with Gasteiger partial charge in [-0.05, 0) is 81.2 Å². The average molecular weight is 663 g/mol. The lowest BCUT2D eigenvalue weighted by Crippen LogP contribution is -1.95. The van der Waals surface area contributed by atoms with Crippen molar-refractivity contribution in [2.75, 3.05) is 0 Å². The first-order valence-electron chi connectivity index (χ1n) is 17.6. The zero-order valence-corrected chi connectivity index (χ0v) is 28.1. The molecule has 13 rings (SSSR count). The van der Waals surface area contributed by atoms with E-state index in [1.165, 1.54) is 119 Å². The Balaban J connectivity index is 1.03. The van der Waals surface area contributed by atoms with Crippen LogP contribution in [0.15, 0.2) is 158 Å². The van der Waals surface area contributed by atoms with Gasteiger partial charge in [-0.1, -0.05) is 115 Å². The van der Waals surface area contributed by atoms with E-state index in [1.54, 1.807) is 0 Å². The third-order valence-corrected chi connectivity index (χ3v) is 12.8. The van der Waals surface area contributed by atoms with Crippen molar-refractivity contribution in [3.05, 3.63) is 158 Å². The van der Waals surface area contributed by atoms with Crippen molar-refractivity contribution in [2.45, 2.75) is 0 Å². The minimum Gasteiger partial charge on any atom is -0.309 e. The van der Waals surface area contributed by atoms with Gasteiger partial charge in [0.25, 0.3) is 0 Å². The van der Waals surface area contributed by atoms with Crippen molar-refractivity contribution in [3.63, 3.8) is 0 Å². The monoisotopic (exact) mass is 662 g/mol. The summed E-state index contributed by atoms with van der Waals surface area (Å²) in [5.41, 5.74) is 14.1. The minimum atomic E-state index is 1.22. The van der Waals surface area contributed by atoms with Crippen LogP contribution in [0, 0.1) is 0 Å². The Morgan fingerprint density at radius 2 is 0.980 bits per heavy atom. The maximum Gasteiger partial charge on any atom is 0.109 e. The van der Waals surface area contributed by atoms with Gasteiger partial charge in [-0.15, -0.1) is 11.3 Å². The average Bonchev–Trinajstić information content (AvgIpc) is 3.97. The highest BCUT2D eigenvalue weighted by molar-refractivity contribution is 7.25. The van der Waals surface area contributed by atoms with Crippen molar-refractivity contribution in [3.8, 4) is 39.1 Å². The molecule has 0 atom stereocenters. The van der Waals surface area contributed by atoms with E-state index >= 15 is 0 Å². The second-order valence-corrected chi connectivity index (χ2v) is 15.1. The number of hydrogen-bond donors (Lipinski definition) is 0. The summed E-state index contributed by atoms with van der Waals surface area (Å²) in [4.78, 5) is 1.34. The van der Waals surface area contributed by atoms with Crippen LogP contribution in [0.25, 0.3) is 119 Å². The lowest BCUT2D eigenvalue weighted by molar-refractivity contribution is 1.20. The molecular weight excluding hydrogens is 637 g/mol. The number of aromatic nitrogens is 2. The van der Waals surface area contributed by atoms with Crippen molar-refractivity contribution in [2.24, 2.45) is 0 Å². The summed E-state index contributed by atoms with van der Waals surface area (Å²) < 4.78 is 6.34. The summed E-state index contributed by atoms with van der Waals surface area (Å²) in [6.45, 7) is 0. The van der Waals surface area contributed by atoms with Gasteiger partial charge in [0.15, 0.2) is 0 Å². The second kappa shape index (κ2) is 9.22. The molecule has 0 aliphatic heterocycles. The van der Waals surface area contributed by atoms with Crippen LogP contribution in [-0.2, 0) is 0 Å². The molecule has 3 heteroatoms. The highest BCUT2D eigenvalue weighted by Gasteiger charge is 2.24. The number of benzene rings is 8. The van der Waals surface area contributed by atoms with Crippen LogP contribution in [0.2, 0.25) is 0 Å². The quantitative estimate of drug-likeness (QED) is 0.174. The predicted molar refractivity (Wildman–Crippen MR) is 218 cm³/mol. The molecular formula is C48H26N2S. The molecule has 0 amide bonds. The molecule has 0 unspecified atom stereocenters. The largest absolute Gasteiger partial charge is 0.309 e. The summed E-state index contributed by atoms with van der Waals surface area (Å²) in [6.07, 6.45) is 0. The zero-order chi connectivity index (χ0) is 32.9. The van der Waals surface area contributed by atoms with E-state index in [0.29, 0.717) is 0 Å². The summed E-state index contributed by atoms with van der Waals surface area (Å²) in [5, 5.41) is 11.9. The number of nitrogens with zero attached hydrogens (tertiary/aromatic N) is 2. The Morgan fingerprint density at radius 1 is 0.373 bits per heavy atom. The maximum absolute atomic E-state index is 2.51. The van der Waals surface area contributed by atoms with Crippen molar-refractivity contribution < 1.29 is 0 Å². The van der Waals surface area contributed by atoms with E-state index in [-0.39, 0.29) is 0 Å². The van der Waals surface area contributed by atoms with Gasteiger partial charge in [-0.3, -0.25) is 4.40 Å².